The molecule has 1 fully saturated rings. The van der Waals surface area contributed by atoms with Crippen molar-refractivity contribution in [2.24, 2.45) is 0 Å². The Balaban J connectivity index is 1.65. The number of rotatable bonds is 5. The van der Waals surface area contributed by atoms with Gasteiger partial charge in [0.25, 0.3) is 0 Å². The van der Waals surface area contributed by atoms with Crippen LogP contribution in [0.2, 0.25) is 0 Å². The maximum Gasteiger partial charge on any atom is 0.125 e. The number of fused-ring (bicyclic) bond motifs is 1. The first-order valence-corrected chi connectivity index (χ1v) is 9.38. The lowest BCUT2D eigenvalue weighted by atomic mass is 10.0. The Morgan fingerprint density at radius 3 is 2.96 bits per heavy atom. The Morgan fingerprint density at radius 1 is 1.23 bits per heavy atom. The highest BCUT2D eigenvalue weighted by atomic mass is 15.2. The summed E-state index contributed by atoms with van der Waals surface area (Å²) in [5.74, 6) is 0.863. The van der Waals surface area contributed by atoms with E-state index in [1.54, 1.807) is 0 Å². The van der Waals surface area contributed by atoms with Crippen molar-refractivity contribution in [3.63, 3.8) is 0 Å². The lowest BCUT2D eigenvalue weighted by Gasteiger charge is -2.27. The normalized spacial score (nSPS) is 18.2. The van der Waals surface area contributed by atoms with Crippen molar-refractivity contribution in [3.05, 3.63) is 59.3 Å². The van der Waals surface area contributed by atoms with E-state index in [1.807, 2.05) is 19.3 Å². The largest absolute Gasteiger partial charge is 0.361 e. The van der Waals surface area contributed by atoms with Gasteiger partial charge in [-0.05, 0) is 58.1 Å². The van der Waals surface area contributed by atoms with Gasteiger partial charge in [-0.15, -0.1) is 0 Å². The first-order chi connectivity index (χ1) is 12.6. The number of aromatic nitrogens is 3. The third-order valence-corrected chi connectivity index (χ3v) is 5.24. The fraction of sp³-hybridized carbons (Fsp3) is 0.429. The first-order valence-electron chi connectivity index (χ1n) is 9.38. The maximum absolute atomic E-state index is 4.87. The van der Waals surface area contributed by atoms with Crippen LogP contribution in [0.5, 0.6) is 0 Å². The highest BCUT2D eigenvalue weighted by molar-refractivity contribution is 5.82. The molecule has 0 aliphatic carbocycles. The van der Waals surface area contributed by atoms with Crippen molar-refractivity contribution >= 4 is 10.9 Å². The van der Waals surface area contributed by atoms with Crippen molar-refractivity contribution in [3.8, 4) is 0 Å². The van der Waals surface area contributed by atoms with Crippen LogP contribution in [0.1, 0.15) is 41.5 Å². The summed E-state index contributed by atoms with van der Waals surface area (Å²) >= 11 is 0. The Hall–Kier alpha value is -2.24. The van der Waals surface area contributed by atoms with Crippen LogP contribution in [0.15, 0.2) is 36.7 Å². The summed E-state index contributed by atoms with van der Waals surface area (Å²) in [6.07, 6.45) is 6.43. The molecule has 0 bridgehead atoms. The molecule has 3 heterocycles. The average Bonchev–Trinajstić information content (AvgIpc) is 3.25. The Bertz CT molecular complexity index is 898. The van der Waals surface area contributed by atoms with E-state index in [2.05, 4.69) is 58.1 Å². The van der Waals surface area contributed by atoms with E-state index < -0.39 is 0 Å². The number of aryl methyl sites for hydroxylation is 1. The zero-order valence-electron chi connectivity index (χ0n) is 15.9. The molecular formula is C21H27N5. The predicted octanol–water partition coefficient (Wildman–Crippen LogP) is 3.67. The molecule has 5 nitrogen and oxygen atoms in total. The number of H-pyrrole nitrogens is 1. The van der Waals surface area contributed by atoms with E-state index >= 15 is 0 Å². The molecular weight excluding hydrogens is 322 g/mol. The summed E-state index contributed by atoms with van der Waals surface area (Å²) in [5, 5.41) is 1.32. The van der Waals surface area contributed by atoms with Gasteiger partial charge in [0, 0.05) is 41.9 Å². The van der Waals surface area contributed by atoms with Gasteiger partial charge in [-0.25, -0.2) is 9.97 Å². The lowest BCUT2D eigenvalue weighted by molar-refractivity contribution is 0.242. The van der Waals surface area contributed by atoms with E-state index in [9.17, 15) is 0 Å². The van der Waals surface area contributed by atoms with E-state index in [-0.39, 0.29) is 0 Å². The highest BCUT2D eigenvalue weighted by Gasteiger charge is 2.29. The fourth-order valence-electron chi connectivity index (χ4n) is 4.10. The Morgan fingerprint density at radius 2 is 2.12 bits per heavy atom. The minimum Gasteiger partial charge on any atom is -0.361 e. The number of nitrogens with zero attached hydrogens (tertiary/aromatic N) is 4. The second-order valence-electron chi connectivity index (χ2n) is 7.55. The Labute approximate surface area is 155 Å². The van der Waals surface area contributed by atoms with Crippen LogP contribution in [0.3, 0.4) is 0 Å². The van der Waals surface area contributed by atoms with Crippen LogP contribution in [-0.2, 0) is 13.1 Å². The third-order valence-electron chi connectivity index (χ3n) is 5.24. The van der Waals surface area contributed by atoms with Gasteiger partial charge in [0.1, 0.15) is 5.82 Å². The number of hydrogen-bond acceptors (Lipinski definition) is 4. The standard InChI is InChI=1S/C21H27N5/c1-15-23-12-17(13-25(2)3)21(24-15)20-8-5-11-26(20)14-16-6-4-7-19-18(16)9-10-22-19/h4,6-7,9-10,12,20,22H,5,8,11,13-14H2,1-3H3/t20-/m1/s1. The van der Waals surface area contributed by atoms with Gasteiger partial charge >= 0.3 is 0 Å². The van der Waals surface area contributed by atoms with Crippen LogP contribution in [0, 0.1) is 6.92 Å². The van der Waals surface area contributed by atoms with Crippen molar-refractivity contribution in [1.29, 1.82) is 0 Å². The Kier molecular flexibility index (Phi) is 4.74. The van der Waals surface area contributed by atoms with Crippen LogP contribution in [0.4, 0.5) is 0 Å². The third kappa shape index (κ3) is 3.37. The van der Waals surface area contributed by atoms with Gasteiger partial charge < -0.3 is 9.88 Å². The molecule has 5 heteroatoms. The molecule has 0 radical (unpaired) electrons. The smallest absolute Gasteiger partial charge is 0.125 e. The molecule has 0 saturated carbocycles. The number of hydrogen-bond donors (Lipinski definition) is 1. The number of benzene rings is 1. The minimum atomic E-state index is 0.376. The molecule has 1 N–H and O–H groups in total. The molecule has 1 aromatic carbocycles. The van der Waals surface area contributed by atoms with Crippen LogP contribution in [0.25, 0.3) is 10.9 Å². The SMILES string of the molecule is Cc1ncc(CN(C)C)c([C@H]2CCCN2Cc2cccc3[nH]ccc23)n1. The molecule has 0 spiro atoms. The van der Waals surface area contributed by atoms with Gasteiger partial charge in [0.05, 0.1) is 11.7 Å². The number of likely N-dealkylation sites (tertiary alicyclic amines) is 1. The first kappa shape index (κ1) is 17.2. The summed E-state index contributed by atoms with van der Waals surface area (Å²) in [6, 6.07) is 9.09. The summed E-state index contributed by atoms with van der Waals surface area (Å²) in [7, 11) is 4.20. The zero-order chi connectivity index (χ0) is 18.1. The monoisotopic (exact) mass is 349 g/mol. The van der Waals surface area contributed by atoms with E-state index in [0.29, 0.717) is 6.04 Å². The molecule has 0 unspecified atom stereocenters. The number of nitrogens with one attached hydrogen (secondary N) is 1. The second-order valence-corrected chi connectivity index (χ2v) is 7.55. The van der Waals surface area contributed by atoms with Crippen molar-refractivity contribution in [1.82, 2.24) is 24.8 Å². The summed E-state index contributed by atoms with van der Waals surface area (Å²) in [5.41, 5.74) is 5.06. The molecule has 0 amide bonds. The minimum absolute atomic E-state index is 0.376. The predicted molar refractivity (Wildman–Crippen MR) is 105 cm³/mol. The van der Waals surface area contributed by atoms with Gasteiger partial charge in [-0.1, -0.05) is 12.1 Å². The molecule has 4 rings (SSSR count). The second kappa shape index (κ2) is 7.17. The van der Waals surface area contributed by atoms with Gasteiger partial charge in [0.15, 0.2) is 0 Å². The van der Waals surface area contributed by atoms with E-state index in [4.69, 9.17) is 4.98 Å². The van der Waals surface area contributed by atoms with E-state index in [1.165, 1.54) is 40.6 Å². The topological polar surface area (TPSA) is 48.1 Å². The van der Waals surface area contributed by atoms with Crippen LogP contribution >= 0.6 is 0 Å². The molecule has 3 aromatic rings. The summed E-state index contributed by atoms with van der Waals surface area (Å²) in [6.45, 7) is 4.95. The average molecular weight is 349 g/mol. The fourth-order valence-corrected chi connectivity index (χ4v) is 4.10. The van der Waals surface area contributed by atoms with Gasteiger partial charge in [-0.3, -0.25) is 4.90 Å². The van der Waals surface area contributed by atoms with Crippen molar-refractivity contribution in [2.75, 3.05) is 20.6 Å². The quantitative estimate of drug-likeness (QED) is 0.763. The van der Waals surface area contributed by atoms with Crippen LogP contribution in [-0.4, -0.2) is 45.4 Å². The molecule has 136 valence electrons. The van der Waals surface area contributed by atoms with Gasteiger partial charge in [-0.2, -0.15) is 0 Å². The molecule has 2 aromatic heterocycles. The van der Waals surface area contributed by atoms with Gasteiger partial charge in [0.2, 0.25) is 0 Å². The van der Waals surface area contributed by atoms with Crippen molar-refractivity contribution in [2.45, 2.75) is 38.9 Å². The highest BCUT2D eigenvalue weighted by Crippen LogP contribution is 2.35. The molecule has 1 aliphatic rings. The summed E-state index contributed by atoms with van der Waals surface area (Å²) in [4.78, 5) is 17.4. The molecule has 1 saturated heterocycles. The molecule has 26 heavy (non-hydrogen) atoms. The van der Waals surface area contributed by atoms with Crippen LogP contribution < -0.4 is 0 Å². The maximum atomic E-state index is 4.87. The summed E-state index contributed by atoms with van der Waals surface area (Å²) < 4.78 is 0. The number of aromatic amines is 1. The van der Waals surface area contributed by atoms with E-state index in [0.717, 1.165) is 25.5 Å². The van der Waals surface area contributed by atoms with Crippen molar-refractivity contribution < 1.29 is 0 Å². The molecule has 1 atom stereocenters. The zero-order valence-corrected chi connectivity index (χ0v) is 15.9. The molecule has 1 aliphatic heterocycles. The lowest BCUT2D eigenvalue weighted by Crippen LogP contribution is -2.26.